The van der Waals surface area contributed by atoms with E-state index in [0.29, 0.717) is 31.4 Å². The van der Waals surface area contributed by atoms with Gasteiger partial charge in [-0.05, 0) is 37.5 Å². The summed E-state index contributed by atoms with van der Waals surface area (Å²) in [7, 11) is 0. The van der Waals surface area contributed by atoms with Gasteiger partial charge in [0.25, 0.3) is 0 Å². The second-order valence-electron chi connectivity index (χ2n) is 4.68. The summed E-state index contributed by atoms with van der Waals surface area (Å²) in [5, 5.41) is 2.82. The van der Waals surface area contributed by atoms with E-state index in [-0.39, 0.29) is 11.9 Å². The monoisotopic (exact) mass is 263 g/mol. The van der Waals surface area contributed by atoms with E-state index in [1.807, 2.05) is 13.0 Å². The third-order valence-electron chi connectivity index (χ3n) is 2.77. The van der Waals surface area contributed by atoms with Gasteiger partial charge >= 0.3 is 0 Å². The molecule has 0 spiro atoms. The van der Waals surface area contributed by atoms with Gasteiger partial charge in [-0.2, -0.15) is 0 Å². The van der Waals surface area contributed by atoms with Crippen molar-refractivity contribution in [1.29, 1.82) is 0 Å². The Bertz CT molecular complexity index is 444. The molecule has 1 aromatic carbocycles. The molecule has 1 unspecified atom stereocenters. The minimum Gasteiger partial charge on any atom is -0.366 e. The lowest BCUT2D eigenvalue weighted by Crippen LogP contribution is -2.27. The Morgan fingerprint density at radius 3 is 2.74 bits per heavy atom. The Morgan fingerprint density at radius 2 is 2.11 bits per heavy atom. The van der Waals surface area contributed by atoms with Crippen LogP contribution in [0.15, 0.2) is 24.3 Å². The van der Waals surface area contributed by atoms with Crippen LogP contribution < -0.4 is 16.8 Å². The van der Waals surface area contributed by atoms with Gasteiger partial charge in [-0.3, -0.25) is 9.59 Å². The number of nitrogens with one attached hydrogen (secondary N) is 1. The quantitative estimate of drug-likeness (QED) is 0.670. The highest BCUT2D eigenvalue weighted by Gasteiger charge is 2.04. The van der Waals surface area contributed by atoms with Crippen molar-refractivity contribution in [2.45, 2.75) is 32.2 Å². The van der Waals surface area contributed by atoms with Crippen molar-refractivity contribution in [2.75, 3.05) is 6.54 Å². The Kier molecular flexibility index (Phi) is 6.02. The zero-order chi connectivity index (χ0) is 14.3. The zero-order valence-corrected chi connectivity index (χ0v) is 11.2. The van der Waals surface area contributed by atoms with Crippen molar-refractivity contribution in [3.63, 3.8) is 0 Å². The lowest BCUT2D eigenvalue weighted by Gasteiger charge is -2.07. The fourth-order valence-corrected chi connectivity index (χ4v) is 1.67. The average Bonchev–Trinajstić information content (AvgIpc) is 2.36. The molecule has 0 heterocycles. The van der Waals surface area contributed by atoms with E-state index in [4.69, 9.17) is 11.5 Å². The maximum Gasteiger partial charge on any atom is 0.248 e. The molecule has 5 heteroatoms. The standard InChI is InChI=1S/C14H21N3O2/c1-10(15)5-6-13(18)17-8-7-11-3-2-4-12(9-11)14(16)19/h2-4,9-10H,5-8,15H2,1H3,(H2,16,19)(H,17,18). The summed E-state index contributed by atoms with van der Waals surface area (Å²) in [6.45, 7) is 2.42. The number of primary amides is 1. The van der Waals surface area contributed by atoms with Crippen molar-refractivity contribution in [2.24, 2.45) is 11.5 Å². The normalized spacial score (nSPS) is 11.9. The highest BCUT2D eigenvalue weighted by molar-refractivity contribution is 5.92. The zero-order valence-electron chi connectivity index (χ0n) is 11.2. The van der Waals surface area contributed by atoms with E-state index in [1.165, 1.54) is 0 Å². The van der Waals surface area contributed by atoms with E-state index in [9.17, 15) is 9.59 Å². The van der Waals surface area contributed by atoms with E-state index >= 15 is 0 Å². The van der Waals surface area contributed by atoms with Crippen LogP contribution in [0.25, 0.3) is 0 Å². The van der Waals surface area contributed by atoms with E-state index in [1.54, 1.807) is 18.2 Å². The van der Waals surface area contributed by atoms with E-state index < -0.39 is 5.91 Å². The number of amides is 2. The van der Waals surface area contributed by atoms with Gasteiger partial charge in [0.15, 0.2) is 0 Å². The van der Waals surface area contributed by atoms with Gasteiger partial charge in [0.05, 0.1) is 0 Å². The summed E-state index contributed by atoms with van der Waals surface area (Å²) >= 11 is 0. The third kappa shape index (κ3) is 6.01. The Labute approximate surface area is 113 Å². The molecular weight excluding hydrogens is 242 g/mol. The van der Waals surface area contributed by atoms with E-state index in [2.05, 4.69) is 5.32 Å². The summed E-state index contributed by atoms with van der Waals surface area (Å²) in [6, 6.07) is 7.15. The molecule has 0 saturated heterocycles. The van der Waals surface area contributed by atoms with Gasteiger partial charge in [0.2, 0.25) is 11.8 Å². The molecule has 1 atom stereocenters. The molecule has 0 aromatic heterocycles. The van der Waals surface area contributed by atoms with Crippen LogP contribution in [0.3, 0.4) is 0 Å². The first-order valence-electron chi connectivity index (χ1n) is 6.40. The predicted molar refractivity (Wildman–Crippen MR) is 74.6 cm³/mol. The number of hydrogen-bond acceptors (Lipinski definition) is 3. The lowest BCUT2D eigenvalue weighted by atomic mass is 10.1. The van der Waals surface area contributed by atoms with Crippen molar-refractivity contribution in [3.05, 3.63) is 35.4 Å². The molecule has 1 aromatic rings. The second-order valence-corrected chi connectivity index (χ2v) is 4.68. The molecule has 0 saturated carbocycles. The van der Waals surface area contributed by atoms with Crippen LogP contribution in [0.4, 0.5) is 0 Å². The van der Waals surface area contributed by atoms with Crippen LogP contribution in [0.2, 0.25) is 0 Å². The average molecular weight is 263 g/mol. The SMILES string of the molecule is CC(N)CCC(=O)NCCc1cccc(C(N)=O)c1. The van der Waals surface area contributed by atoms with Gasteiger partial charge in [0.1, 0.15) is 0 Å². The second kappa shape index (κ2) is 7.53. The summed E-state index contributed by atoms with van der Waals surface area (Å²) in [5.41, 5.74) is 12.3. The topological polar surface area (TPSA) is 98.2 Å². The molecule has 104 valence electrons. The minimum absolute atomic E-state index is 0.00311. The Morgan fingerprint density at radius 1 is 1.37 bits per heavy atom. The van der Waals surface area contributed by atoms with Gasteiger partial charge in [-0.25, -0.2) is 0 Å². The summed E-state index contributed by atoms with van der Waals surface area (Å²) in [4.78, 5) is 22.5. The fourth-order valence-electron chi connectivity index (χ4n) is 1.67. The van der Waals surface area contributed by atoms with Crippen molar-refractivity contribution < 1.29 is 9.59 Å². The van der Waals surface area contributed by atoms with Crippen molar-refractivity contribution in [1.82, 2.24) is 5.32 Å². The molecule has 0 fully saturated rings. The smallest absolute Gasteiger partial charge is 0.248 e. The molecule has 1 rings (SSSR count). The first-order chi connectivity index (χ1) is 8.99. The van der Waals surface area contributed by atoms with Crippen LogP contribution >= 0.6 is 0 Å². The maximum absolute atomic E-state index is 11.5. The van der Waals surface area contributed by atoms with Crippen LogP contribution in [-0.4, -0.2) is 24.4 Å². The highest BCUT2D eigenvalue weighted by Crippen LogP contribution is 2.05. The molecule has 0 bridgehead atoms. The number of benzene rings is 1. The number of nitrogens with two attached hydrogens (primary N) is 2. The molecule has 0 aliphatic rings. The third-order valence-corrected chi connectivity index (χ3v) is 2.77. The fraction of sp³-hybridized carbons (Fsp3) is 0.429. The van der Waals surface area contributed by atoms with Crippen molar-refractivity contribution >= 4 is 11.8 Å². The van der Waals surface area contributed by atoms with Crippen LogP contribution in [0.5, 0.6) is 0 Å². The van der Waals surface area contributed by atoms with Crippen LogP contribution in [0, 0.1) is 0 Å². The van der Waals surface area contributed by atoms with E-state index in [0.717, 1.165) is 5.56 Å². The van der Waals surface area contributed by atoms with Crippen LogP contribution in [-0.2, 0) is 11.2 Å². The number of hydrogen-bond donors (Lipinski definition) is 3. The first kappa shape index (κ1) is 15.2. The molecule has 2 amide bonds. The molecule has 5 nitrogen and oxygen atoms in total. The number of carbonyl (C=O) groups is 2. The van der Waals surface area contributed by atoms with Gasteiger partial charge in [-0.15, -0.1) is 0 Å². The minimum atomic E-state index is -0.442. The Balaban J connectivity index is 2.35. The van der Waals surface area contributed by atoms with Gasteiger partial charge < -0.3 is 16.8 Å². The summed E-state index contributed by atoms with van der Waals surface area (Å²) < 4.78 is 0. The molecule has 0 radical (unpaired) electrons. The predicted octanol–water partition coefficient (Wildman–Crippen LogP) is 0.572. The number of rotatable bonds is 7. The van der Waals surface area contributed by atoms with Gasteiger partial charge in [0, 0.05) is 24.6 Å². The highest BCUT2D eigenvalue weighted by atomic mass is 16.1. The molecule has 5 N–H and O–H groups in total. The summed E-state index contributed by atoms with van der Waals surface area (Å²) in [5.74, 6) is -0.439. The molecular formula is C14H21N3O2. The molecule has 0 aliphatic carbocycles. The molecule has 0 aliphatic heterocycles. The van der Waals surface area contributed by atoms with Crippen molar-refractivity contribution in [3.8, 4) is 0 Å². The first-order valence-corrected chi connectivity index (χ1v) is 6.40. The number of carbonyl (C=O) groups excluding carboxylic acids is 2. The summed E-state index contributed by atoms with van der Waals surface area (Å²) in [6.07, 6.45) is 1.80. The largest absolute Gasteiger partial charge is 0.366 e. The maximum atomic E-state index is 11.5. The molecule has 19 heavy (non-hydrogen) atoms. The van der Waals surface area contributed by atoms with Crippen LogP contribution in [0.1, 0.15) is 35.7 Å². The Hall–Kier alpha value is -1.88. The van der Waals surface area contributed by atoms with Gasteiger partial charge in [-0.1, -0.05) is 12.1 Å². The lowest BCUT2D eigenvalue weighted by molar-refractivity contribution is -0.121.